The highest BCUT2D eigenvalue weighted by Gasteiger charge is 2.08. The van der Waals surface area contributed by atoms with E-state index in [0.717, 1.165) is 13.0 Å². The smallest absolute Gasteiger partial charge is 0.269 e. The van der Waals surface area contributed by atoms with Crippen molar-refractivity contribution in [2.45, 2.75) is 13.0 Å². The quantitative estimate of drug-likeness (QED) is 0.762. The predicted molar refractivity (Wildman–Crippen MR) is 62.4 cm³/mol. The van der Waals surface area contributed by atoms with Gasteiger partial charge in [-0.05, 0) is 18.6 Å². The minimum Gasteiger partial charge on any atom is -0.351 e. The van der Waals surface area contributed by atoms with Crippen molar-refractivity contribution in [1.29, 1.82) is 0 Å². The van der Waals surface area contributed by atoms with Gasteiger partial charge in [0.2, 0.25) is 0 Å². The second kappa shape index (κ2) is 5.29. The molecule has 0 radical (unpaired) electrons. The monoisotopic (exact) mass is 233 g/mol. The molecule has 2 aromatic heterocycles. The van der Waals surface area contributed by atoms with Crippen LogP contribution in [0.4, 0.5) is 0 Å². The number of carbonyl (C=O) groups excluding carboxylic acids is 1. The van der Waals surface area contributed by atoms with Crippen LogP contribution in [0, 0.1) is 0 Å². The van der Waals surface area contributed by atoms with Crippen LogP contribution in [0.5, 0.6) is 0 Å². The summed E-state index contributed by atoms with van der Waals surface area (Å²) in [6.45, 7) is 1.43. The van der Waals surface area contributed by atoms with Crippen LogP contribution in [0.15, 0.2) is 30.7 Å². The zero-order chi connectivity index (χ0) is 12.1. The van der Waals surface area contributed by atoms with Gasteiger partial charge >= 0.3 is 0 Å². The highest BCUT2D eigenvalue weighted by Crippen LogP contribution is 1.96. The number of nitrogens with zero attached hydrogens (tertiary/aromatic N) is 4. The minimum atomic E-state index is -0.0922. The largest absolute Gasteiger partial charge is 0.351 e. The van der Waals surface area contributed by atoms with Gasteiger partial charge in [-0.25, -0.2) is 0 Å². The summed E-state index contributed by atoms with van der Waals surface area (Å²) in [5.41, 5.74) is 0.573. The van der Waals surface area contributed by atoms with E-state index in [2.05, 4.69) is 15.5 Å². The van der Waals surface area contributed by atoms with Gasteiger partial charge in [0.25, 0.3) is 5.91 Å². The summed E-state index contributed by atoms with van der Waals surface area (Å²) in [5.74, 6) is -0.0922. The van der Waals surface area contributed by atoms with Crippen LogP contribution in [0.1, 0.15) is 16.9 Å². The van der Waals surface area contributed by atoms with Gasteiger partial charge in [-0.15, -0.1) is 0 Å². The van der Waals surface area contributed by atoms with Crippen LogP contribution in [-0.2, 0) is 13.6 Å². The fourth-order valence-electron chi connectivity index (χ4n) is 1.56. The Balaban J connectivity index is 1.72. The Bertz CT molecular complexity index is 474. The topological polar surface area (TPSA) is 64.7 Å². The molecule has 0 bridgehead atoms. The average Bonchev–Trinajstić information content (AvgIpc) is 2.95. The van der Waals surface area contributed by atoms with E-state index < -0.39 is 0 Å². The summed E-state index contributed by atoms with van der Waals surface area (Å²) in [6, 6.07) is 3.58. The first-order valence-electron chi connectivity index (χ1n) is 5.51. The second-order valence-corrected chi connectivity index (χ2v) is 3.72. The molecule has 2 aromatic rings. The maximum absolute atomic E-state index is 11.7. The molecule has 0 aliphatic rings. The summed E-state index contributed by atoms with van der Waals surface area (Å²) in [5, 5.41) is 10.9. The summed E-state index contributed by atoms with van der Waals surface area (Å²) in [6.07, 6.45) is 6.11. The van der Waals surface area contributed by atoms with E-state index in [-0.39, 0.29) is 5.91 Å². The van der Waals surface area contributed by atoms with E-state index in [4.69, 9.17) is 0 Å². The van der Waals surface area contributed by atoms with Crippen molar-refractivity contribution < 1.29 is 4.79 Å². The van der Waals surface area contributed by atoms with Crippen LogP contribution in [0.3, 0.4) is 0 Å². The molecule has 6 nitrogen and oxygen atoms in total. The number of aromatic nitrogens is 4. The van der Waals surface area contributed by atoms with Gasteiger partial charge < -0.3 is 5.32 Å². The molecule has 0 aromatic carbocycles. The molecule has 0 fully saturated rings. The molecule has 1 N–H and O–H groups in total. The van der Waals surface area contributed by atoms with Crippen molar-refractivity contribution in [2.75, 3.05) is 6.54 Å². The van der Waals surface area contributed by atoms with E-state index in [1.54, 1.807) is 30.2 Å². The molecule has 0 saturated carbocycles. The van der Waals surface area contributed by atoms with Crippen LogP contribution < -0.4 is 5.32 Å². The lowest BCUT2D eigenvalue weighted by molar-refractivity contribution is 0.0943. The fourth-order valence-corrected chi connectivity index (χ4v) is 1.56. The molecular weight excluding hydrogens is 218 g/mol. The van der Waals surface area contributed by atoms with Crippen molar-refractivity contribution >= 4 is 5.91 Å². The molecule has 6 heteroatoms. The van der Waals surface area contributed by atoms with Gasteiger partial charge in [0.15, 0.2) is 0 Å². The Labute approximate surface area is 99.2 Å². The predicted octanol–water partition coefficient (Wildman–Crippen LogP) is 0.437. The van der Waals surface area contributed by atoms with Crippen molar-refractivity contribution in [3.05, 3.63) is 36.4 Å². The number of aryl methyl sites for hydroxylation is 2. The van der Waals surface area contributed by atoms with E-state index in [1.807, 2.05) is 16.9 Å². The molecule has 0 aliphatic carbocycles. The first-order chi connectivity index (χ1) is 8.27. The van der Waals surface area contributed by atoms with Crippen LogP contribution in [-0.4, -0.2) is 32.0 Å². The lowest BCUT2D eigenvalue weighted by Gasteiger charge is -2.05. The van der Waals surface area contributed by atoms with Crippen molar-refractivity contribution in [3.8, 4) is 0 Å². The molecule has 1 amide bonds. The summed E-state index contributed by atoms with van der Waals surface area (Å²) >= 11 is 0. The third kappa shape index (κ3) is 2.93. The maximum atomic E-state index is 11.7. The van der Waals surface area contributed by atoms with Crippen molar-refractivity contribution in [3.63, 3.8) is 0 Å². The molecule has 2 rings (SSSR count). The SMILES string of the molecule is Cn1nccc1C(=O)NCCCn1cccn1. The van der Waals surface area contributed by atoms with Crippen LogP contribution in [0.2, 0.25) is 0 Å². The zero-order valence-corrected chi connectivity index (χ0v) is 9.71. The van der Waals surface area contributed by atoms with Crippen LogP contribution in [0.25, 0.3) is 0 Å². The Hall–Kier alpha value is -2.11. The third-order valence-electron chi connectivity index (χ3n) is 2.46. The minimum absolute atomic E-state index is 0.0922. The average molecular weight is 233 g/mol. The molecule has 17 heavy (non-hydrogen) atoms. The molecular formula is C11H15N5O. The summed E-state index contributed by atoms with van der Waals surface area (Å²) in [7, 11) is 1.75. The zero-order valence-electron chi connectivity index (χ0n) is 9.71. The second-order valence-electron chi connectivity index (χ2n) is 3.72. The highest BCUT2D eigenvalue weighted by atomic mass is 16.2. The van der Waals surface area contributed by atoms with Gasteiger partial charge in [0.1, 0.15) is 5.69 Å². The molecule has 0 spiro atoms. The van der Waals surface area contributed by atoms with E-state index in [1.165, 1.54) is 0 Å². The Morgan fingerprint density at radius 1 is 1.41 bits per heavy atom. The Morgan fingerprint density at radius 3 is 2.94 bits per heavy atom. The summed E-state index contributed by atoms with van der Waals surface area (Å²) in [4.78, 5) is 11.7. The lowest BCUT2D eigenvalue weighted by atomic mass is 10.3. The molecule has 0 unspecified atom stereocenters. The standard InChI is InChI=1S/C11H15N5O/c1-15-10(4-7-13-15)11(17)12-5-2-8-16-9-3-6-14-16/h3-4,6-7,9H,2,5,8H2,1H3,(H,12,17). The van der Waals surface area contributed by atoms with Gasteiger partial charge in [-0.1, -0.05) is 0 Å². The molecule has 0 aliphatic heterocycles. The van der Waals surface area contributed by atoms with Gasteiger partial charge in [-0.3, -0.25) is 14.2 Å². The number of nitrogens with one attached hydrogen (secondary N) is 1. The van der Waals surface area contributed by atoms with Gasteiger partial charge in [0.05, 0.1) is 0 Å². The van der Waals surface area contributed by atoms with Crippen LogP contribution >= 0.6 is 0 Å². The first kappa shape index (κ1) is 11.4. The van der Waals surface area contributed by atoms with E-state index in [0.29, 0.717) is 12.2 Å². The van der Waals surface area contributed by atoms with E-state index in [9.17, 15) is 4.79 Å². The molecule has 0 atom stereocenters. The maximum Gasteiger partial charge on any atom is 0.269 e. The lowest BCUT2D eigenvalue weighted by Crippen LogP contribution is -2.27. The van der Waals surface area contributed by atoms with Gasteiger partial charge in [-0.2, -0.15) is 10.2 Å². The molecule has 0 saturated heterocycles. The number of carbonyl (C=O) groups is 1. The Morgan fingerprint density at radius 2 is 2.29 bits per heavy atom. The molecule has 90 valence electrons. The van der Waals surface area contributed by atoms with Crippen molar-refractivity contribution in [1.82, 2.24) is 24.9 Å². The van der Waals surface area contributed by atoms with E-state index >= 15 is 0 Å². The number of rotatable bonds is 5. The van der Waals surface area contributed by atoms with Gasteiger partial charge in [0, 0.05) is 38.7 Å². The first-order valence-corrected chi connectivity index (χ1v) is 5.51. The summed E-state index contributed by atoms with van der Waals surface area (Å²) < 4.78 is 3.40. The number of amides is 1. The normalized spacial score (nSPS) is 10.4. The highest BCUT2D eigenvalue weighted by molar-refractivity contribution is 5.92. The number of hydrogen-bond donors (Lipinski definition) is 1. The third-order valence-corrected chi connectivity index (χ3v) is 2.46. The van der Waals surface area contributed by atoms with Crippen molar-refractivity contribution in [2.24, 2.45) is 7.05 Å². The molecule has 2 heterocycles. The fraction of sp³-hybridized carbons (Fsp3) is 0.364. The Kier molecular flexibility index (Phi) is 3.54. The number of hydrogen-bond acceptors (Lipinski definition) is 3.